The van der Waals surface area contributed by atoms with E-state index < -0.39 is 5.54 Å². The summed E-state index contributed by atoms with van der Waals surface area (Å²) < 4.78 is 6.92. The number of hydrogen-bond donors (Lipinski definition) is 0. The predicted molar refractivity (Wildman–Crippen MR) is 81.9 cm³/mol. The van der Waals surface area contributed by atoms with Crippen molar-refractivity contribution in [1.29, 1.82) is 0 Å². The van der Waals surface area contributed by atoms with Crippen LogP contribution in [-0.2, 0) is 15.1 Å². The van der Waals surface area contributed by atoms with Crippen LogP contribution >= 0.6 is 11.3 Å². The lowest BCUT2D eigenvalue weighted by Crippen LogP contribution is -2.39. The number of hydrogen-bond acceptors (Lipinski definition) is 5. The number of nitrogens with zero attached hydrogens (tertiary/aromatic N) is 2. The summed E-state index contributed by atoms with van der Waals surface area (Å²) in [5.74, 6) is -0.193. The summed E-state index contributed by atoms with van der Waals surface area (Å²) in [5, 5.41) is 5.44. The molecule has 0 bridgehead atoms. The lowest BCUT2D eigenvalue weighted by molar-refractivity contribution is -0.146. The molecule has 1 aliphatic carbocycles. The molecule has 0 atom stereocenters. The van der Waals surface area contributed by atoms with Crippen LogP contribution in [0.15, 0.2) is 10.9 Å². The Bertz CT molecular complexity index is 784. The minimum Gasteiger partial charge on any atom is -0.467 e. The van der Waals surface area contributed by atoms with E-state index in [9.17, 15) is 9.59 Å². The quantitative estimate of drug-likeness (QED) is 0.818. The van der Waals surface area contributed by atoms with Gasteiger partial charge in [-0.1, -0.05) is 13.8 Å². The molecule has 5 nitrogen and oxygen atoms in total. The first-order valence-electron chi connectivity index (χ1n) is 7.03. The van der Waals surface area contributed by atoms with E-state index in [0.717, 1.165) is 16.0 Å². The molecule has 3 rings (SSSR count). The van der Waals surface area contributed by atoms with E-state index in [-0.39, 0.29) is 17.4 Å². The van der Waals surface area contributed by atoms with Gasteiger partial charge in [0.15, 0.2) is 5.54 Å². The van der Waals surface area contributed by atoms with Crippen LogP contribution in [0.1, 0.15) is 43.2 Å². The molecular formula is C15H18N2O3S. The second kappa shape index (κ2) is 4.66. The zero-order valence-corrected chi connectivity index (χ0v) is 13.4. The molecule has 0 N–H and O–H groups in total. The minimum atomic E-state index is -0.887. The van der Waals surface area contributed by atoms with Crippen molar-refractivity contribution in [2.45, 2.75) is 45.1 Å². The highest BCUT2D eigenvalue weighted by molar-refractivity contribution is 7.18. The number of carbonyl (C=O) groups is 1. The third kappa shape index (κ3) is 2.00. The van der Waals surface area contributed by atoms with Crippen LogP contribution < -0.4 is 5.56 Å². The fourth-order valence-corrected chi connectivity index (χ4v) is 3.64. The van der Waals surface area contributed by atoms with Gasteiger partial charge in [0.05, 0.1) is 12.8 Å². The molecule has 0 spiro atoms. The van der Waals surface area contributed by atoms with Crippen LogP contribution in [0.4, 0.5) is 0 Å². The second-order valence-electron chi connectivity index (χ2n) is 5.88. The van der Waals surface area contributed by atoms with Crippen molar-refractivity contribution in [3.8, 4) is 0 Å². The van der Waals surface area contributed by atoms with Crippen molar-refractivity contribution >= 4 is 27.4 Å². The van der Waals surface area contributed by atoms with Crippen LogP contribution in [0, 0.1) is 6.92 Å². The van der Waals surface area contributed by atoms with E-state index >= 15 is 0 Å². The SMILES string of the molecule is COC(=O)C1(n2nc(C(C)C)c3cc(C)sc3c2=O)CC1. The molecular weight excluding hydrogens is 288 g/mol. The van der Waals surface area contributed by atoms with Crippen molar-refractivity contribution in [3.63, 3.8) is 0 Å². The van der Waals surface area contributed by atoms with Gasteiger partial charge < -0.3 is 4.74 Å². The van der Waals surface area contributed by atoms with Crippen LogP contribution in [0.3, 0.4) is 0 Å². The average Bonchev–Trinajstić information content (AvgIpc) is 3.14. The first kappa shape index (κ1) is 14.3. The third-order valence-electron chi connectivity index (χ3n) is 3.97. The molecule has 112 valence electrons. The number of esters is 1. The molecule has 2 aromatic rings. The maximum atomic E-state index is 12.7. The van der Waals surface area contributed by atoms with Crippen molar-refractivity contribution in [2.75, 3.05) is 7.11 Å². The fraction of sp³-hybridized carbons (Fsp3) is 0.533. The third-order valence-corrected chi connectivity index (χ3v) is 5.01. The van der Waals surface area contributed by atoms with Gasteiger partial charge >= 0.3 is 5.97 Å². The van der Waals surface area contributed by atoms with E-state index in [2.05, 4.69) is 5.10 Å². The molecule has 6 heteroatoms. The van der Waals surface area contributed by atoms with E-state index in [1.807, 2.05) is 26.8 Å². The molecule has 0 aromatic carbocycles. The smallest absolute Gasteiger partial charge is 0.333 e. The number of methoxy groups -OCH3 is 1. The van der Waals surface area contributed by atoms with Crippen LogP contribution in [0.5, 0.6) is 0 Å². The molecule has 1 aliphatic rings. The Morgan fingerprint density at radius 1 is 1.48 bits per heavy atom. The highest BCUT2D eigenvalue weighted by Gasteiger charge is 2.55. The summed E-state index contributed by atoms with van der Waals surface area (Å²) in [6.07, 6.45) is 1.22. The van der Waals surface area contributed by atoms with Crippen molar-refractivity contribution < 1.29 is 9.53 Å². The Labute approximate surface area is 126 Å². The molecule has 0 aliphatic heterocycles. The topological polar surface area (TPSA) is 61.2 Å². The highest BCUT2D eigenvalue weighted by Crippen LogP contribution is 2.44. The lowest BCUT2D eigenvalue weighted by Gasteiger charge is -2.17. The first-order chi connectivity index (χ1) is 9.90. The number of rotatable bonds is 3. The second-order valence-corrected chi connectivity index (χ2v) is 7.14. The van der Waals surface area contributed by atoms with Gasteiger partial charge in [0, 0.05) is 10.3 Å². The Morgan fingerprint density at radius 2 is 2.14 bits per heavy atom. The van der Waals surface area contributed by atoms with E-state index in [1.54, 1.807) is 0 Å². The molecule has 0 amide bonds. The summed E-state index contributed by atoms with van der Waals surface area (Å²) in [7, 11) is 1.35. The molecule has 21 heavy (non-hydrogen) atoms. The number of carbonyl (C=O) groups excluding carboxylic acids is 1. The largest absolute Gasteiger partial charge is 0.467 e. The normalized spacial score (nSPS) is 16.4. The Morgan fingerprint density at radius 3 is 2.67 bits per heavy atom. The average molecular weight is 306 g/mol. The van der Waals surface area contributed by atoms with Crippen LogP contribution in [0.2, 0.25) is 0 Å². The van der Waals surface area contributed by atoms with Gasteiger partial charge in [-0.2, -0.15) is 5.10 Å². The number of thiophene rings is 1. The van der Waals surface area contributed by atoms with Crippen molar-refractivity contribution in [2.24, 2.45) is 0 Å². The zero-order valence-electron chi connectivity index (χ0n) is 12.6. The molecule has 1 fully saturated rings. The van der Waals surface area contributed by atoms with E-state index in [0.29, 0.717) is 17.5 Å². The first-order valence-corrected chi connectivity index (χ1v) is 7.84. The van der Waals surface area contributed by atoms with Crippen molar-refractivity contribution in [3.05, 3.63) is 27.0 Å². The number of aryl methyl sites for hydroxylation is 1. The Balaban J connectivity index is 2.32. The Kier molecular flexibility index (Phi) is 3.16. The summed E-state index contributed by atoms with van der Waals surface area (Å²) >= 11 is 1.46. The summed E-state index contributed by atoms with van der Waals surface area (Å²) in [5.41, 5.74) is -0.207. The molecule has 1 saturated carbocycles. The molecule has 2 heterocycles. The predicted octanol–water partition coefficient (Wildman–Crippen LogP) is 2.55. The van der Waals surface area contributed by atoms with E-state index in [4.69, 9.17) is 4.74 Å². The molecule has 2 aromatic heterocycles. The lowest BCUT2D eigenvalue weighted by atomic mass is 10.1. The van der Waals surface area contributed by atoms with Crippen LogP contribution in [-0.4, -0.2) is 22.9 Å². The zero-order chi connectivity index (χ0) is 15.4. The number of aromatic nitrogens is 2. The maximum Gasteiger partial charge on any atom is 0.333 e. The van der Waals surface area contributed by atoms with Gasteiger partial charge in [0.2, 0.25) is 0 Å². The van der Waals surface area contributed by atoms with Gasteiger partial charge in [-0.15, -0.1) is 11.3 Å². The van der Waals surface area contributed by atoms with E-state index in [1.165, 1.54) is 23.1 Å². The van der Waals surface area contributed by atoms with Gasteiger partial charge in [-0.05, 0) is 31.7 Å². The molecule has 0 saturated heterocycles. The van der Waals surface area contributed by atoms with Crippen molar-refractivity contribution in [1.82, 2.24) is 9.78 Å². The Hall–Kier alpha value is -1.69. The minimum absolute atomic E-state index is 0.182. The summed E-state index contributed by atoms with van der Waals surface area (Å²) in [6.45, 7) is 6.06. The summed E-state index contributed by atoms with van der Waals surface area (Å²) in [6, 6.07) is 2.01. The number of ether oxygens (including phenoxy) is 1. The highest BCUT2D eigenvalue weighted by atomic mass is 32.1. The fourth-order valence-electron chi connectivity index (χ4n) is 2.69. The number of fused-ring (bicyclic) bond motifs is 1. The summed E-state index contributed by atoms with van der Waals surface area (Å²) in [4.78, 5) is 25.9. The van der Waals surface area contributed by atoms with Gasteiger partial charge in [0.1, 0.15) is 4.70 Å². The van der Waals surface area contributed by atoms with Gasteiger partial charge in [0.25, 0.3) is 5.56 Å². The van der Waals surface area contributed by atoms with Crippen LogP contribution in [0.25, 0.3) is 10.1 Å². The maximum absolute atomic E-state index is 12.7. The van der Waals surface area contributed by atoms with Gasteiger partial charge in [-0.25, -0.2) is 9.48 Å². The molecule has 0 radical (unpaired) electrons. The standard InChI is InChI=1S/C15H18N2O3S/c1-8(2)11-10-7-9(3)21-12(10)13(18)17(16-11)15(5-6-15)14(19)20-4/h7-8H,5-6H2,1-4H3. The van der Waals surface area contributed by atoms with Gasteiger partial charge in [-0.3, -0.25) is 4.79 Å². The molecule has 0 unspecified atom stereocenters. The monoisotopic (exact) mass is 306 g/mol.